The number of benzene rings is 1. The van der Waals surface area contributed by atoms with Crippen LogP contribution in [0.15, 0.2) is 34.9 Å². The molecule has 0 aliphatic rings. The predicted molar refractivity (Wildman–Crippen MR) is 83.3 cm³/mol. The van der Waals surface area contributed by atoms with Gasteiger partial charge >= 0.3 is 0 Å². The van der Waals surface area contributed by atoms with Gasteiger partial charge in [0.2, 0.25) is 11.8 Å². The molecule has 1 aromatic carbocycles. The monoisotopic (exact) mass is 302 g/mol. The van der Waals surface area contributed by atoms with E-state index in [0.29, 0.717) is 24.6 Å². The number of hydrogen-bond acceptors (Lipinski definition) is 5. The standard InChI is InChI=1S/C16H22N4O2/c1-12(18-15(21)9-6-10-17-2)16-19-14(20-22-16)11-13-7-4-3-5-8-13/h3-5,7-8,12,17H,6,9-11H2,1-2H3,(H,18,21). The van der Waals surface area contributed by atoms with Gasteiger partial charge < -0.3 is 15.2 Å². The summed E-state index contributed by atoms with van der Waals surface area (Å²) in [7, 11) is 1.87. The summed E-state index contributed by atoms with van der Waals surface area (Å²) in [6.45, 7) is 2.67. The molecule has 6 nitrogen and oxygen atoms in total. The molecule has 1 heterocycles. The quantitative estimate of drug-likeness (QED) is 0.727. The molecular weight excluding hydrogens is 280 g/mol. The van der Waals surface area contributed by atoms with Crippen LogP contribution in [0.1, 0.15) is 43.1 Å². The summed E-state index contributed by atoms with van der Waals surface area (Å²) >= 11 is 0. The second-order valence-electron chi connectivity index (χ2n) is 5.21. The summed E-state index contributed by atoms with van der Waals surface area (Å²) < 4.78 is 5.24. The van der Waals surface area contributed by atoms with Crippen LogP contribution < -0.4 is 10.6 Å². The third-order valence-electron chi connectivity index (χ3n) is 3.27. The van der Waals surface area contributed by atoms with Gasteiger partial charge in [-0.15, -0.1) is 0 Å². The Bertz CT molecular complexity index is 583. The fraction of sp³-hybridized carbons (Fsp3) is 0.438. The molecule has 6 heteroatoms. The van der Waals surface area contributed by atoms with Crippen molar-refractivity contribution in [3.8, 4) is 0 Å². The van der Waals surface area contributed by atoms with E-state index in [1.165, 1.54) is 0 Å². The molecule has 0 bridgehead atoms. The average Bonchev–Trinajstić information content (AvgIpc) is 2.97. The molecule has 0 aliphatic carbocycles. The van der Waals surface area contributed by atoms with E-state index in [0.717, 1.165) is 18.5 Å². The Morgan fingerprint density at radius 1 is 1.32 bits per heavy atom. The fourth-order valence-electron chi connectivity index (χ4n) is 2.09. The molecule has 2 rings (SSSR count). The largest absolute Gasteiger partial charge is 0.345 e. The first kappa shape index (κ1) is 16.2. The lowest BCUT2D eigenvalue weighted by Gasteiger charge is -2.09. The minimum Gasteiger partial charge on any atom is -0.345 e. The summed E-state index contributed by atoms with van der Waals surface area (Å²) in [5.74, 6) is 1.05. The molecule has 22 heavy (non-hydrogen) atoms. The van der Waals surface area contributed by atoms with E-state index >= 15 is 0 Å². The van der Waals surface area contributed by atoms with E-state index in [9.17, 15) is 4.79 Å². The van der Waals surface area contributed by atoms with Crippen LogP contribution in [-0.4, -0.2) is 29.6 Å². The van der Waals surface area contributed by atoms with Crippen LogP contribution in [0.4, 0.5) is 0 Å². The minimum absolute atomic E-state index is 0.00874. The molecule has 118 valence electrons. The molecular formula is C16H22N4O2. The number of carbonyl (C=O) groups excluding carboxylic acids is 1. The fourth-order valence-corrected chi connectivity index (χ4v) is 2.09. The summed E-state index contributed by atoms with van der Waals surface area (Å²) in [6.07, 6.45) is 1.90. The van der Waals surface area contributed by atoms with Crippen molar-refractivity contribution < 1.29 is 9.32 Å². The highest BCUT2D eigenvalue weighted by atomic mass is 16.5. The summed E-state index contributed by atoms with van der Waals surface area (Å²) in [6, 6.07) is 9.68. The first-order valence-electron chi connectivity index (χ1n) is 7.49. The Labute approximate surface area is 130 Å². The van der Waals surface area contributed by atoms with Gasteiger partial charge in [0.25, 0.3) is 0 Å². The number of nitrogens with zero attached hydrogens (tertiary/aromatic N) is 2. The number of rotatable bonds is 8. The normalized spacial score (nSPS) is 12.1. The molecule has 1 unspecified atom stereocenters. The lowest BCUT2D eigenvalue weighted by atomic mass is 10.1. The number of nitrogens with one attached hydrogen (secondary N) is 2. The van der Waals surface area contributed by atoms with Crippen LogP contribution >= 0.6 is 0 Å². The lowest BCUT2D eigenvalue weighted by molar-refractivity contribution is -0.122. The van der Waals surface area contributed by atoms with Gasteiger partial charge in [-0.25, -0.2) is 0 Å². The SMILES string of the molecule is CNCCCC(=O)NC(C)c1nc(Cc2ccccc2)no1. The van der Waals surface area contributed by atoms with Crippen LogP contribution in [0.2, 0.25) is 0 Å². The van der Waals surface area contributed by atoms with E-state index in [1.807, 2.05) is 44.3 Å². The highest BCUT2D eigenvalue weighted by Gasteiger charge is 2.16. The van der Waals surface area contributed by atoms with Crippen LogP contribution in [0.5, 0.6) is 0 Å². The Kier molecular flexibility index (Phi) is 6.09. The average molecular weight is 302 g/mol. The van der Waals surface area contributed by atoms with Crippen LogP contribution in [0.3, 0.4) is 0 Å². The molecule has 0 saturated carbocycles. The molecule has 2 aromatic rings. The molecule has 0 saturated heterocycles. The van der Waals surface area contributed by atoms with Crippen molar-refractivity contribution in [3.05, 3.63) is 47.6 Å². The van der Waals surface area contributed by atoms with E-state index in [1.54, 1.807) is 0 Å². The molecule has 0 fully saturated rings. The van der Waals surface area contributed by atoms with E-state index in [2.05, 4.69) is 20.8 Å². The van der Waals surface area contributed by atoms with Gasteiger partial charge in [-0.3, -0.25) is 4.79 Å². The van der Waals surface area contributed by atoms with Gasteiger partial charge in [-0.2, -0.15) is 4.98 Å². The van der Waals surface area contributed by atoms with E-state index in [4.69, 9.17) is 4.52 Å². The number of carbonyl (C=O) groups is 1. The van der Waals surface area contributed by atoms with Crippen molar-refractivity contribution in [1.82, 2.24) is 20.8 Å². The maximum atomic E-state index is 11.8. The maximum absolute atomic E-state index is 11.8. The van der Waals surface area contributed by atoms with Crippen LogP contribution in [-0.2, 0) is 11.2 Å². The van der Waals surface area contributed by atoms with E-state index in [-0.39, 0.29) is 11.9 Å². The molecule has 0 spiro atoms. The second-order valence-corrected chi connectivity index (χ2v) is 5.21. The zero-order valence-electron chi connectivity index (χ0n) is 13.0. The van der Waals surface area contributed by atoms with Gasteiger partial charge in [0.1, 0.15) is 6.04 Å². The lowest BCUT2D eigenvalue weighted by Crippen LogP contribution is -2.27. The molecule has 1 atom stereocenters. The smallest absolute Gasteiger partial charge is 0.248 e. The van der Waals surface area contributed by atoms with Gasteiger partial charge in [-0.05, 0) is 32.5 Å². The highest BCUT2D eigenvalue weighted by Crippen LogP contribution is 2.12. The van der Waals surface area contributed by atoms with Crippen molar-refractivity contribution in [2.45, 2.75) is 32.2 Å². The van der Waals surface area contributed by atoms with Crippen LogP contribution in [0, 0.1) is 0 Å². The minimum atomic E-state index is -0.279. The van der Waals surface area contributed by atoms with E-state index < -0.39 is 0 Å². The van der Waals surface area contributed by atoms with Gasteiger partial charge in [0.15, 0.2) is 5.82 Å². The Balaban J connectivity index is 1.86. The van der Waals surface area contributed by atoms with Gasteiger partial charge in [0, 0.05) is 12.8 Å². The Hall–Kier alpha value is -2.21. The van der Waals surface area contributed by atoms with Crippen molar-refractivity contribution in [3.63, 3.8) is 0 Å². The molecule has 0 radical (unpaired) electrons. The topological polar surface area (TPSA) is 80.0 Å². The van der Waals surface area contributed by atoms with Crippen molar-refractivity contribution in [2.24, 2.45) is 0 Å². The van der Waals surface area contributed by atoms with Crippen molar-refractivity contribution >= 4 is 5.91 Å². The van der Waals surface area contributed by atoms with Crippen LogP contribution in [0.25, 0.3) is 0 Å². The number of amides is 1. The highest BCUT2D eigenvalue weighted by molar-refractivity contribution is 5.76. The van der Waals surface area contributed by atoms with Crippen molar-refractivity contribution in [2.75, 3.05) is 13.6 Å². The summed E-state index contributed by atoms with van der Waals surface area (Å²) in [5, 5.41) is 9.85. The third-order valence-corrected chi connectivity index (χ3v) is 3.27. The Morgan fingerprint density at radius 3 is 2.82 bits per heavy atom. The van der Waals surface area contributed by atoms with Gasteiger partial charge in [-0.1, -0.05) is 35.5 Å². The first-order chi connectivity index (χ1) is 10.7. The molecule has 0 aliphatic heterocycles. The maximum Gasteiger partial charge on any atom is 0.248 e. The summed E-state index contributed by atoms with van der Waals surface area (Å²) in [4.78, 5) is 16.1. The number of aromatic nitrogens is 2. The Morgan fingerprint density at radius 2 is 2.09 bits per heavy atom. The third kappa shape index (κ3) is 4.96. The zero-order valence-corrected chi connectivity index (χ0v) is 13.0. The molecule has 2 N–H and O–H groups in total. The molecule has 1 aromatic heterocycles. The second kappa shape index (κ2) is 8.29. The predicted octanol–water partition coefficient (Wildman–Crippen LogP) is 1.84. The summed E-state index contributed by atoms with van der Waals surface area (Å²) in [5.41, 5.74) is 1.12. The van der Waals surface area contributed by atoms with Crippen molar-refractivity contribution in [1.29, 1.82) is 0 Å². The molecule has 1 amide bonds. The zero-order chi connectivity index (χ0) is 15.8. The number of hydrogen-bond donors (Lipinski definition) is 2. The van der Waals surface area contributed by atoms with Gasteiger partial charge in [0.05, 0.1) is 0 Å². The first-order valence-corrected chi connectivity index (χ1v) is 7.49.